The van der Waals surface area contributed by atoms with Crippen LogP contribution in [0.4, 0.5) is 5.95 Å². The summed E-state index contributed by atoms with van der Waals surface area (Å²) < 4.78 is 10.7. The fourth-order valence-corrected chi connectivity index (χ4v) is 1.58. The molecule has 7 heteroatoms. The Morgan fingerprint density at radius 1 is 1.69 bits per heavy atom. The quantitative estimate of drug-likeness (QED) is 0.603. The number of nitrogens with one attached hydrogen (secondary N) is 1. The Hall–Kier alpha value is -1.11. The highest BCUT2D eigenvalue weighted by Gasteiger charge is 2.17. The van der Waals surface area contributed by atoms with Crippen molar-refractivity contribution in [2.45, 2.75) is 6.42 Å². The zero-order chi connectivity index (χ0) is 11.4. The number of anilines is 1. The Kier molecular flexibility index (Phi) is 3.76. The van der Waals surface area contributed by atoms with Crippen LogP contribution in [-0.2, 0) is 4.74 Å². The van der Waals surface area contributed by atoms with Gasteiger partial charge in [-0.25, -0.2) is 10.8 Å². The number of hydrogen-bond acceptors (Lipinski definition) is 6. The molecule has 0 bridgehead atoms. The van der Waals surface area contributed by atoms with E-state index in [1.807, 2.05) is 0 Å². The highest BCUT2D eigenvalue weighted by Crippen LogP contribution is 2.23. The number of nitrogen functional groups attached to an aromatic ring is 1. The summed E-state index contributed by atoms with van der Waals surface area (Å²) in [4.78, 5) is 7.86. The summed E-state index contributed by atoms with van der Waals surface area (Å²) in [6.07, 6.45) is 2.45. The van der Waals surface area contributed by atoms with Crippen LogP contribution in [0, 0.1) is 5.92 Å². The van der Waals surface area contributed by atoms with Gasteiger partial charge in [0.2, 0.25) is 11.8 Å². The molecule has 3 N–H and O–H groups in total. The Labute approximate surface area is 98.1 Å². The minimum Gasteiger partial charge on any atom is -0.476 e. The van der Waals surface area contributed by atoms with E-state index in [9.17, 15) is 0 Å². The summed E-state index contributed by atoms with van der Waals surface area (Å²) in [5.74, 6) is 6.22. The van der Waals surface area contributed by atoms with E-state index in [0.29, 0.717) is 23.4 Å². The van der Waals surface area contributed by atoms with Gasteiger partial charge in [-0.15, -0.1) is 0 Å². The lowest BCUT2D eigenvalue weighted by Crippen LogP contribution is -2.14. The van der Waals surface area contributed by atoms with Crippen LogP contribution in [0.25, 0.3) is 0 Å². The fraction of sp³-hybridized carbons (Fsp3) is 0.556. The molecule has 1 saturated heterocycles. The molecule has 88 valence electrons. The molecule has 1 aromatic rings. The van der Waals surface area contributed by atoms with Crippen molar-refractivity contribution in [2.75, 3.05) is 25.2 Å². The molecular weight excluding hydrogens is 232 g/mol. The van der Waals surface area contributed by atoms with Gasteiger partial charge in [0, 0.05) is 12.5 Å². The fourth-order valence-electron chi connectivity index (χ4n) is 1.43. The van der Waals surface area contributed by atoms with E-state index in [1.54, 1.807) is 0 Å². The second kappa shape index (κ2) is 5.29. The molecule has 16 heavy (non-hydrogen) atoms. The molecule has 1 aromatic heterocycles. The van der Waals surface area contributed by atoms with E-state index in [-0.39, 0.29) is 5.95 Å². The van der Waals surface area contributed by atoms with Crippen molar-refractivity contribution in [3.05, 3.63) is 11.2 Å². The van der Waals surface area contributed by atoms with Gasteiger partial charge in [-0.1, -0.05) is 11.6 Å². The van der Waals surface area contributed by atoms with Crippen molar-refractivity contribution < 1.29 is 9.47 Å². The zero-order valence-electron chi connectivity index (χ0n) is 8.65. The number of nitrogens with zero attached hydrogens (tertiary/aromatic N) is 2. The first-order valence-electron chi connectivity index (χ1n) is 4.99. The van der Waals surface area contributed by atoms with Gasteiger partial charge in [-0.05, 0) is 6.42 Å². The molecule has 0 spiro atoms. The first-order valence-corrected chi connectivity index (χ1v) is 5.37. The van der Waals surface area contributed by atoms with Crippen molar-refractivity contribution in [3.63, 3.8) is 0 Å². The zero-order valence-corrected chi connectivity index (χ0v) is 9.41. The van der Waals surface area contributed by atoms with Crippen LogP contribution in [0.3, 0.4) is 0 Å². The molecule has 0 amide bonds. The van der Waals surface area contributed by atoms with Gasteiger partial charge in [0.25, 0.3) is 0 Å². The van der Waals surface area contributed by atoms with Crippen molar-refractivity contribution >= 4 is 17.5 Å². The second-order valence-corrected chi connectivity index (χ2v) is 3.94. The van der Waals surface area contributed by atoms with Gasteiger partial charge >= 0.3 is 0 Å². The molecule has 1 fully saturated rings. The summed E-state index contributed by atoms with van der Waals surface area (Å²) >= 11 is 5.89. The van der Waals surface area contributed by atoms with E-state index < -0.39 is 0 Å². The average molecular weight is 245 g/mol. The minimum atomic E-state index is 0.280. The van der Waals surface area contributed by atoms with Crippen LogP contribution in [0.15, 0.2) is 6.20 Å². The number of hydrogen-bond donors (Lipinski definition) is 2. The lowest BCUT2D eigenvalue weighted by Gasteiger charge is -2.10. The second-order valence-electron chi connectivity index (χ2n) is 3.53. The predicted molar refractivity (Wildman–Crippen MR) is 59.3 cm³/mol. The number of ether oxygens (including phenoxy) is 2. The molecule has 1 aliphatic heterocycles. The summed E-state index contributed by atoms with van der Waals surface area (Å²) in [5.41, 5.74) is 2.34. The van der Waals surface area contributed by atoms with Crippen molar-refractivity contribution in [3.8, 4) is 5.88 Å². The average Bonchev–Trinajstić information content (AvgIpc) is 2.81. The lowest BCUT2D eigenvalue weighted by molar-refractivity contribution is 0.165. The molecule has 0 aliphatic carbocycles. The normalized spacial score (nSPS) is 19.8. The molecular formula is C9H13ClN4O2. The largest absolute Gasteiger partial charge is 0.476 e. The molecule has 1 unspecified atom stereocenters. The third-order valence-corrected chi connectivity index (χ3v) is 2.58. The third-order valence-electron chi connectivity index (χ3n) is 2.32. The number of aromatic nitrogens is 2. The van der Waals surface area contributed by atoms with E-state index in [0.717, 1.165) is 19.6 Å². The SMILES string of the molecule is NNc1ncc(Cl)c(OCC2CCOC2)n1. The summed E-state index contributed by atoms with van der Waals surface area (Å²) in [6, 6.07) is 0. The molecule has 2 heterocycles. The Balaban J connectivity index is 1.96. The maximum Gasteiger partial charge on any atom is 0.240 e. The molecule has 2 rings (SSSR count). The van der Waals surface area contributed by atoms with Gasteiger partial charge in [-0.2, -0.15) is 4.98 Å². The summed E-state index contributed by atoms with van der Waals surface area (Å²) in [6.45, 7) is 2.06. The minimum absolute atomic E-state index is 0.280. The number of nitrogens with two attached hydrogens (primary N) is 1. The van der Waals surface area contributed by atoms with E-state index >= 15 is 0 Å². The van der Waals surface area contributed by atoms with Crippen LogP contribution in [0.2, 0.25) is 5.02 Å². The summed E-state index contributed by atoms with van der Waals surface area (Å²) in [5, 5.41) is 0.373. The van der Waals surface area contributed by atoms with Gasteiger partial charge < -0.3 is 9.47 Å². The molecule has 0 saturated carbocycles. The Morgan fingerprint density at radius 3 is 3.25 bits per heavy atom. The smallest absolute Gasteiger partial charge is 0.240 e. The molecule has 1 atom stereocenters. The maximum atomic E-state index is 5.89. The first kappa shape index (κ1) is 11.4. The van der Waals surface area contributed by atoms with E-state index in [2.05, 4.69) is 15.4 Å². The molecule has 6 nitrogen and oxygen atoms in total. The highest BCUT2D eigenvalue weighted by molar-refractivity contribution is 6.31. The van der Waals surface area contributed by atoms with Crippen molar-refractivity contribution in [1.82, 2.24) is 9.97 Å². The maximum absolute atomic E-state index is 5.89. The Bertz CT molecular complexity index is 357. The Morgan fingerprint density at radius 2 is 2.56 bits per heavy atom. The number of rotatable bonds is 4. The first-order chi connectivity index (χ1) is 7.79. The van der Waals surface area contributed by atoms with E-state index in [4.69, 9.17) is 26.9 Å². The van der Waals surface area contributed by atoms with Crippen LogP contribution >= 0.6 is 11.6 Å². The van der Waals surface area contributed by atoms with Crippen LogP contribution in [0.1, 0.15) is 6.42 Å². The van der Waals surface area contributed by atoms with Gasteiger partial charge in [0.1, 0.15) is 5.02 Å². The molecule has 0 radical (unpaired) electrons. The highest BCUT2D eigenvalue weighted by atomic mass is 35.5. The predicted octanol–water partition coefficient (Wildman–Crippen LogP) is 0.831. The lowest BCUT2D eigenvalue weighted by atomic mass is 10.1. The third kappa shape index (κ3) is 2.72. The van der Waals surface area contributed by atoms with Crippen molar-refractivity contribution in [2.24, 2.45) is 11.8 Å². The van der Waals surface area contributed by atoms with Gasteiger partial charge in [0.05, 0.1) is 19.4 Å². The van der Waals surface area contributed by atoms with Crippen LogP contribution in [-0.4, -0.2) is 29.8 Å². The van der Waals surface area contributed by atoms with Crippen LogP contribution in [0.5, 0.6) is 5.88 Å². The standard InChI is InChI=1S/C9H13ClN4O2/c10-7-3-12-9(14-11)13-8(7)16-5-6-1-2-15-4-6/h3,6H,1-2,4-5,11H2,(H,12,13,14). The topological polar surface area (TPSA) is 82.3 Å². The molecule has 1 aliphatic rings. The number of hydrazine groups is 1. The van der Waals surface area contributed by atoms with Gasteiger partial charge in [0.15, 0.2) is 0 Å². The van der Waals surface area contributed by atoms with Crippen LogP contribution < -0.4 is 16.0 Å². The van der Waals surface area contributed by atoms with Crippen molar-refractivity contribution in [1.29, 1.82) is 0 Å². The molecule has 0 aromatic carbocycles. The monoisotopic (exact) mass is 244 g/mol. The van der Waals surface area contributed by atoms with Gasteiger partial charge in [-0.3, -0.25) is 5.43 Å². The number of halogens is 1. The summed E-state index contributed by atoms with van der Waals surface area (Å²) in [7, 11) is 0. The van der Waals surface area contributed by atoms with E-state index in [1.165, 1.54) is 6.20 Å².